The predicted molar refractivity (Wildman–Crippen MR) is 192 cm³/mol. The third kappa shape index (κ3) is 4.85. The van der Waals surface area contributed by atoms with Gasteiger partial charge in [0.2, 0.25) is 0 Å². The van der Waals surface area contributed by atoms with Crippen molar-refractivity contribution in [2.45, 2.75) is 40.5 Å². The number of benzene rings is 4. The Morgan fingerprint density at radius 2 is 0.957 bits per heavy atom. The van der Waals surface area contributed by atoms with Crippen LogP contribution in [-0.4, -0.2) is 9.13 Å². The van der Waals surface area contributed by atoms with Gasteiger partial charge in [-0.05, 0) is 97.5 Å². The van der Waals surface area contributed by atoms with Gasteiger partial charge in [0.1, 0.15) is 22.1 Å². The van der Waals surface area contributed by atoms with Gasteiger partial charge >= 0.3 is 0 Å². The van der Waals surface area contributed by atoms with Gasteiger partial charge in [0, 0.05) is 33.7 Å². The molecule has 0 N–H and O–H groups in total. The number of fused-ring (bicyclic) bond motifs is 6. The van der Waals surface area contributed by atoms with E-state index in [1.54, 1.807) is 0 Å². The summed E-state index contributed by atoms with van der Waals surface area (Å²) in [4.78, 5) is 0. The molecule has 0 unspecified atom stereocenters. The number of nitrogens with zero attached hydrogens (tertiary/aromatic N) is 4. The summed E-state index contributed by atoms with van der Waals surface area (Å²) in [5.74, 6) is 2.92. The lowest BCUT2D eigenvalue weighted by atomic mass is 10.0. The quantitative estimate of drug-likeness (QED) is 0.179. The molecule has 4 aromatic heterocycles. The summed E-state index contributed by atoms with van der Waals surface area (Å²) < 4.78 is 9.19. The van der Waals surface area contributed by atoms with E-state index in [1.807, 2.05) is 0 Å². The van der Waals surface area contributed by atoms with Gasteiger partial charge < -0.3 is 0 Å². The molecule has 0 saturated carbocycles. The first-order valence-electron chi connectivity index (χ1n) is 16.2. The molecule has 0 amide bonds. The van der Waals surface area contributed by atoms with Crippen molar-refractivity contribution in [2.24, 2.45) is 14.1 Å². The topological polar surface area (TPSA) is 17.6 Å². The fraction of sp³-hybridized carbons (Fsp3) is 0.190. The molecule has 8 aromatic rings. The number of aromatic nitrogens is 4. The Kier molecular flexibility index (Phi) is 7.44. The maximum atomic E-state index is 2.41. The van der Waals surface area contributed by atoms with Gasteiger partial charge in [-0.25, -0.2) is 9.13 Å². The van der Waals surface area contributed by atoms with Crippen molar-refractivity contribution in [2.75, 3.05) is 0 Å². The molecule has 0 bridgehead atoms. The minimum atomic E-state index is 0.513. The van der Waals surface area contributed by atoms with Crippen molar-refractivity contribution in [3.05, 3.63) is 144 Å². The van der Waals surface area contributed by atoms with Crippen LogP contribution in [0.4, 0.5) is 0 Å². The molecule has 0 radical (unpaired) electrons. The number of para-hydroxylation sites is 4. The lowest BCUT2D eigenvalue weighted by molar-refractivity contribution is -0.665. The van der Waals surface area contributed by atoms with E-state index in [-0.39, 0.29) is 0 Å². The first-order valence-corrected chi connectivity index (χ1v) is 16.2. The lowest BCUT2D eigenvalue weighted by Crippen LogP contribution is -2.33. The zero-order valence-electron chi connectivity index (χ0n) is 27.9. The molecule has 0 saturated heterocycles. The number of aryl methyl sites for hydroxylation is 5. The molecule has 46 heavy (non-hydrogen) atoms. The molecular weight excluding hydrogens is 560 g/mol. The molecule has 0 spiro atoms. The van der Waals surface area contributed by atoms with Crippen molar-refractivity contribution >= 4 is 43.6 Å². The molecule has 4 aromatic carbocycles. The highest BCUT2D eigenvalue weighted by atomic mass is 15.1. The van der Waals surface area contributed by atoms with Gasteiger partial charge in [-0.1, -0.05) is 62.4 Å². The fourth-order valence-corrected chi connectivity index (χ4v) is 6.89. The fourth-order valence-electron chi connectivity index (χ4n) is 6.89. The first kappa shape index (κ1) is 29.5. The molecule has 228 valence electrons. The first-order chi connectivity index (χ1) is 22.2. The van der Waals surface area contributed by atoms with Crippen LogP contribution in [-0.2, 0) is 14.1 Å². The van der Waals surface area contributed by atoms with Crippen LogP contribution in [0, 0.1) is 20.8 Å². The summed E-state index contributed by atoms with van der Waals surface area (Å²) in [6, 6.07) is 39.4. The van der Waals surface area contributed by atoms with Crippen molar-refractivity contribution in [1.29, 1.82) is 0 Å². The molecule has 0 fully saturated rings. The second kappa shape index (κ2) is 11.6. The van der Waals surface area contributed by atoms with Crippen LogP contribution in [0.25, 0.3) is 55.2 Å². The largest absolute Gasteiger partial charge is 0.286 e. The van der Waals surface area contributed by atoms with Crippen LogP contribution < -0.4 is 9.13 Å². The Labute approximate surface area is 271 Å². The molecule has 0 aliphatic heterocycles. The zero-order chi connectivity index (χ0) is 32.1. The van der Waals surface area contributed by atoms with Crippen LogP contribution in [0.3, 0.4) is 0 Å². The Bertz CT molecular complexity index is 2400. The zero-order valence-corrected chi connectivity index (χ0v) is 27.9. The monoisotopic (exact) mass is 602 g/mol. The van der Waals surface area contributed by atoms with E-state index in [1.165, 1.54) is 77.5 Å². The van der Waals surface area contributed by atoms with E-state index in [2.05, 4.69) is 189 Å². The molecule has 0 atom stereocenters. The van der Waals surface area contributed by atoms with Crippen LogP contribution in [0.1, 0.15) is 42.0 Å². The Morgan fingerprint density at radius 1 is 0.500 bits per heavy atom. The Hall–Kier alpha value is -5.22. The van der Waals surface area contributed by atoms with Crippen molar-refractivity contribution < 1.29 is 9.13 Å². The van der Waals surface area contributed by atoms with Crippen molar-refractivity contribution in [3.8, 4) is 11.6 Å². The Balaban J connectivity index is 0.000000147. The summed E-state index contributed by atoms with van der Waals surface area (Å²) in [5.41, 5.74) is 10.4. The van der Waals surface area contributed by atoms with Crippen LogP contribution in [0.15, 0.2) is 122 Å². The van der Waals surface area contributed by atoms with E-state index >= 15 is 0 Å². The maximum Gasteiger partial charge on any atom is 0.286 e. The van der Waals surface area contributed by atoms with Gasteiger partial charge in [-0.15, -0.1) is 0 Å². The van der Waals surface area contributed by atoms with Crippen molar-refractivity contribution in [1.82, 2.24) is 9.13 Å². The normalized spacial score (nSPS) is 11.6. The highest BCUT2D eigenvalue weighted by Gasteiger charge is 2.23. The van der Waals surface area contributed by atoms with Gasteiger partial charge in [0.25, 0.3) is 11.6 Å². The summed E-state index contributed by atoms with van der Waals surface area (Å²) in [7, 11) is 4.23. The average molecular weight is 603 g/mol. The number of rotatable bonds is 3. The van der Waals surface area contributed by atoms with Gasteiger partial charge in [-0.3, -0.25) is 0 Å². The Morgan fingerprint density at radius 3 is 1.48 bits per heavy atom. The standard InChI is InChI=1S/C22H23N2.C20H19N2/c1-15(2)17-12-13-23(4)21(14-17)24-20-11-6-5-9-18(20)19-10-7-8-16(3)22(19)24;1-14-11-12-21(3)19(13-14)22-18-10-5-4-8-16(18)17-9-6-7-15(2)20(17)22/h5-15H,1-4H3;4-13H,1-3H3/q2*+1. The van der Waals surface area contributed by atoms with E-state index in [0.717, 1.165) is 0 Å². The van der Waals surface area contributed by atoms with Crippen LogP contribution in [0.2, 0.25) is 0 Å². The van der Waals surface area contributed by atoms with E-state index in [9.17, 15) is 0 Å². The number of pyridine rings is 2. The number of hydrogen-bond donors (Lipinski definition) is 0. The third-order valence-electron chi connectivity index (χ3n) is 9.34. The summed E-state index contributed by atoms with van der Waals surface area (Å²) in [5, 5.41) is 5.26. The minimum Gasteiger partial charge on any atom is -0.237 e. The smallest absolute Gasteiger partial charge is 0.237 e. The van der Waals surface area contributed by atoms with E-state index in [0.29, 0.717) is 5.92 Å². The summed E-state index contributed by atoms with van der Waals surface area (Å²) >= 11 is 0. The van der Waals surface area contributed by atoms with E-state index in [4.69, 9.17) is 0 Å². The minimum absolute atomic E-state index is 0.513. The second-order valence-electron chi connectivity index (χ2n) is 12.9. The molecule has 0 aliphatic carbocycles. The summed E-state index contributed by atoms with van der Waals surface area (Å²) in [6.07, 6.45) is 4.30. The average Bonchev–Trinajstić information content (AvgIpc) is 3.58. The van der Waals surface area contributed by atoms with Gasteiger partial charge in [-0.2, -0.15) is 9.13 Å². The summed E-state index contributed by atoms with van der Waals surface area (Å²) in [6.45, 7) is 11.0. The number of hydrogen-bond acceptors (Lipinski definition) is 0. The van der Waals surface area contributed by atoms with E-state index < -0.39 is 0 Å². The SMILES string of the molecule is Cc1cc[n+](C)c(-n2c3ccccc3c3cccc(C)c32)c1.Cc1cccc2c3ccccc3n(-c3cc(C(C)C)cc[n+]3C)c12. The highest BCUT2D eigenvalue weighted by Crippen LogP contribution is 2.34. The highest BCUT2D eigenvalue weighted by molar-refractivity contribution is 6.11. The van der Waals surface area contributed by atoms with Gasteiger partial charge in [0.05, 0.1) is 26.5 Å². The van der Waals surface area contributed by atoms with Gasteiger partial charge in [0.15, 0.2) is 0 Å². The molecular formula is C42H42N4+2. The molecule has 4 heterocycles. The second-order valence-corrected chi connectivity index (χ2v) is 12.9. The molecule has 8 rings (SSSR count). The molecule has 4 heteroatoms. The van der Waals surface area contributed by atoms with Crippen LogP contribution in [0.5, 0.6) is 0 Å². The maximum absolute atomic E-state index is 2.41. The third-order valence-corrected chi connectivity index (χ3v) is 9.34. The lowest BCUT2D eigenvalue weighted by Gasteiger charge is -2.09. The van der Waals surface area contributed by atoms with Crippen molar-refractivity contribution in [3.63, 3.8) is 0 Å². The molecule has 4 nitrogen and oxygen atoms in total. The van der Waals surface area contributed by atoms with Crippen LogP contribution >= 0.6 is 0 Å². The predicted octanol–water partition coefficient (Wildman–Crippen LogP) is 9.27. The molecule has 0 aliphatic rings.